The molecule has 60 heavy (non-hydrogen) atoms. The molecule has 5 heterocycles. The van der Waals surface area contributed by atoms with Gasteiger partial charge in [0.15, 0.2) is 0 Å². The lowest BCUT2D eigenvalue weighted by atomic mass is 9.98. The molecule has 15 heteroatoms. The first-order valence-corrected chi connectivity index (χ1v) is 21.1. The highest BCUT2D eigenvalue weighted by molar-refractivity contribution is 7.08. The van der Waals surface area contributed by atoms with Crippen LogP contribution < -0.4 is 10.6 Å². The molecular weight excluding hydrogens is 781 g/mol. The number of nitrogens with zero attached hydrogens (tertiary/aromatic N) is 4. The third kappa shape index (κ3) is 8.21. The fourth-order valence-electron chi connectivity index (χ4n) is 8.32. The number of carbonyl (C=O) groups is 4. The highest BCUT2D eigenvalue weighted by Crippen LogP contribution is 2.36. The van der Waals surface area contributed by atoms with Crippen LogP contribution in [0.2, 0.25) is 0 Å². The van der Waals surface area contributed by atoms with Crippen LogP contribution in [0.3, 0.4) is 0 Å². The summed E-state index contributed by atoms with van der Waals surface area (Å²) in [5, 5.41) is 11.3. The summed E-state index contributed by atoms with van der Waals surface area (Å²) in [7, 11) is 2.58. The van der Waals surface area contributed by atoms with E-state index in [2.05, 4.69) is 81.3 Å². The van der Waals surface area contributed by atoms with Gasteiger partial charge in [0.2, 0.25) is 5.91 Å². The number of thiophene rings is 1. The van der Waals surface area contributed by atoms with Crippen molar-refractivity contribution >= 4 is 46.1 Å². The predicted octanol–water partition coefficient (Wildman–Crippen LogP) is 8.15. The lowest BCUT2D eigenvalue weighted by Crippen LogP contribution is -2.51. The van der Waals surface area contributed by atoms with Crippen molar-refractivity contribution in [1.29, 1.82) is 0 Å². The first-order chi connectivity index (χ1) is 29.1. The lowest BCUT2D eigenvalue weighted by Gasteiger charge is -2.30. The van der Waals surface area contributed by atoms with Crippen LogP contribution in [0.25, 0.3) is 44.4 Å². The topological polar surface area (TPSA) is 175 Å². The minimum absolute atomic E-state index is 0.107. The van der Waals surface area contributed by atoms with Crippen molar-refractivity contribution in [2.45, 2.75) is 63.7 Å². The fourth-order valence-corrected chi connectivity index (χ4v) is 9.00. The molecule has 14 nitrogen and oxygen atoms in total. The van der Waals surface area contributed by atoms with Gasteiger partial charge in [0.05, 0.1) is 50.1 Å². The number of benzene rings is 3. The molecule has 310 valence electrons. The Bertz CT molecular complexity index is 2500. The molecule has 0 radical (unpaired) electrons. The zero-order chi connectivity index (χ0) is 41.9. The van der Waals surface area contributed by atoms with E-state index in [1.165, 1.54) is 25.6 Å². The molecule has 3 aromatic carbocycles. The summed E-state index contributed by atoms with van der Waals surface area (Å²) in [6.07, 6.45) is 5.56. The number of nitrogens with one attached hydrogen (secondary N) is 4. The number of rotatable bonds is 11. The number of likely N-dealkylation sites (tertiary alicyclic amines) is 2. The normalized spacial score (nSPS) is 17.5. The van der Waals surface area contributed by atoms with Gasteiger partial charge in [0.25, 0.3) is 5.91 Å². The molecular formula is C45H48N8O6S. The summed E-state index contributed by atoms with van der Waals surface area (Å²) in [6, 6.07) is 20.9. The van der Waals surface area contributed by atoms with E-state index in [0.717, 1.165) is 81.5 Å². The van der Waals surface area contributed by atoms with E-state index in [1.54, 1.807) is 11.1 Å². The largest absolute Gasteiger partial charge is 0.453 e. The van der Waals surface area contributed by atoms with Crippen LogP contribution >= 0.6 is 11.3 Å². The minimum atomic E-state index is -0.843. The molecule has 4 N–H and O–H groups in total. The number of alkyl carbamates (subject to hydrolysis) is 2. The SMILES string of the molecule is COC(=O)NC(C(=O)N1CCC[C@H]1c1ncc(-c2ccc3cc(-c4ccc(-c5cnc([C@@H]6CCCN6C(=O)[C@@H](NC(=O)OC)c6ccsc6)[nH]5)cc4)ccc3c2)[nH]1)C(C)C. The molecule has 2 aliphatic rings. The van der Waals surface area contributed by atoms with Crippen molar-refractivity contribution in [3.63, 3.8) is 0 Å². The Labute approximate surface area is 351 Å². The van der Waals surface area contributed by atoms with Gasteiger partial charge in [0.1, 0.15) is 23.7 Å². The average molecular weight is 829 g/mol. The molecule has 0 bridgehead atoms. The number of hydrogen-bond donors (Lipinski definition) is 4. The second-order valence-electron chi connectivity index (χ2n) is 15.6. The van der Waals surface area contributed by atoms with Gasteiger partial charge in [-0.1, -0.05) is 62.4 Å². The first kappa shape index (κ1) is 40.3. The van der Waals surface area contributed by atoms with E-state index in [4.69, 9.17) is 19.4 Å². The highest BCUT2D eigenvalue weighted by Gasteiger charge is 2.39. The van der Waals surface area contributed by atoms with Gasteiger partial charge in [-0.15, -0.1) is 0 Å². The summed E-state index contributed by atoms with van der Waals surface area (Å²) >= 11 is 1.46. The number of hydrogen-bond acceptors (Lipinski definition) is 9. The lowest BCUT2D eigenvalue weighted by molar-refractivity contribution is -0.135. The van der Waals surface area contributed by atoms with Crippen molar-refractivity contribution < 1.29 is 28.7 Å². The Morgan fingerprint density at radius 3 is 1.82 bits per heavy atom. The van der Waals surface area contributed by atoms with Gasteiger partial charge < -0.3 is 39.9 Å². The number of aromatic amines is 2. The zero-order valence-electron chi connectivity index (χ0n) is 33.9. The summed E-state index contributed by atoms with van der Waals surface area (Å²) < 4.78 is 9.58. The highest BCUT2D eigenvalue weighted by atomic mass is 32.1. The van der Waals surface area contributed by atoms with Gasteiger partial charge in [-0.2, -0.15) is 11.3 Å². The van der Waals surface area contributed by atoms with Gasteiger partial charge in [0, 0.05) is 18.7 Å². The number of amides is 4. The third-order valence-corrected chi connectivity index (χ3v) is 12.2. The number of aromatic nitrogens is 4. The van der Waals surface area contributed by atoms with E-state index in [-0.39, 0.29) is 29.8 Å². The second kappa shape index (κ2) is 17.4. The molecule has 4 amide bonds. The van der Waals surface area contributed by atoms with Crippen LogP contribution in [0.15, 0.2) is 89.9 Å². The number of methoxy groups -OCH3 is 2. The van der Waals surface area contributed by atoms with Gasteiger partial charge >= 0.3 is 12.2 Å². The number of fused-ring (bicyclic) bond motifs is 1. The van der Waals surface area contributed by atoms with Crippen molar-refractivity contribution in [3.8, 4) is 33.6 Å². The van der Waals surface area contributed by atoms with Crippen LogP contribution in [0.5, 0.6) is 0 Å². The Balaban J connectivity index is 0.941. The zero-order valence-corrected chi connectivity index (χ0v) is 34.8. The maximum Gasteiger partial charge on any atom is 0.407 e. The van der Waals surface area contributed by atoms with Gasteiger partial charge in [-0.05, 0) is 93.6 Å². The van der Waals surface area contributed by atoms with Crippen LogP contribution in [-0.2, 0) is 19.1 Å². The van der Waals surface area contributed by atoms with Crippen LogP contribution in [0, 0.1) is 5.92 Å². The molecule has 2 aliphatic heterocycles. The first-order valence-electron chi connectivity index (χ1n) is 20.2. The van der Waals surface area contributed by atoms with Crippen molar-refractivity contribution in [1.82, 2.24) is 40.4 Å². The number of imidazole rings is 2. The van der Waals surface area contributed by atoms with Crippen molar-refractivity contribution in [2.75, 3.05) is 27.3 Å². The molecule has 2 fully saturated rings. The average Bonchev–Trinajstić information content (AvgIpc) is 4.13. The molecule has 8 rings (SSSR count). The van der Waals surface area contributed by atoms with E-state index in [9.17, 15) is 19.2 Å². The van der Waals surface area contributed by atoms with Crippen LogP contribution in [0.1, 0.15) is 74.9 Å². The maximum absolute atomic E-state index is 13.8. The monoisotopic (exact) mass is 828 g/mol. The summed E-state index contributed by atoms with van der Waals surface area (Å²) in [5.74, 6) is 0.997. The van der Waals surface area contributed by atoms with Crippen LogP contribution in [0.4, 0.5) is 9.59 Å². The van der Waals surface area contributed by atoms with E-state index >= 15 is 0 Å². The summed E-state index contributed by atoms with van der Waals surface area (Å²) in [6.45, 7) is 4.97. The van der Waals surface area contributed by atoms with E-state index < -0.39 is 24.3 Å². The summed E-state index contributed by atoms with van der Waals surface area (Å²) in [4.78, 5) is 71.5. The third-order valence-electron chi connectivity index (χ3n) is 11.5. The number of ether oxygens (including phenoxy) is 2. The Hall–Kier alpha value is -6.48. The molecule has 1 unspecified atom stereocenters. The maximum atomic E-state index is 13.8. The molecule has 0 aliphatic carbocycles. The predicted molar refractivity (Wildman–Crippen MR) is 229 cm³/mol. The molecule has 0 saturated carbocycles. The number of carbonyl (C=O) groups excluding carboxylic acids is 4. The fraction of sp³-hybridized carbons (Fsp3) is 0.333. The summed E-state index contributed by atoms with van der Waals surface area (Å²) in [5.41, 5.74) is 6.57. The molecule has 3 aromatic heterocycles. The Morgan fingerprint density at radius 1 is 0.700 bits per heavy atom. The standard InChI is InChI=1S/C45H48N8O6S/c1-26(2)38(50-44(56)58-3)42(54)52-18-5-7-36(52)41-47-24-35(49-41)32-16-15-30-21-29(13-14-31(30)22-32)27-9-11-28(12-10-27)34-23-46-40(48-34)37-8-6-19-53(37)43(55)39(51-45(57)59-4)33-17-20-60-25-33/h9-17,20-26,36-39H,5-8,18-19H2,1-4H3,(H,46,48)(H,47,49)(H,50,56)(H,51,57)/t36-,37-,38?,39-/m0/s1. The Morgan fingerprint density at radius 2 is 1.23 bits per heavy atom. The Kier molecular flexibility index (Phi) is 11.7. The van der Waals surface area contributed by atoms with Crippen LogP contribution in [-0.4, -0.2) is 87.1 Å². The van der Waals surface area contributed by atoms with E-state index in [1.807, 2.05) is 41.8 Å². The molecule has 4 atom stereocenters. The molecule has 0 spiro atoms. The van der Waals surface area contributed by atoms with Crippen molar-refractivity contribution in [2.24, 2.45) is 5.92 Å². The van der Waals surface area contributed by atoms with Gasteiger partial charge in [-0.25, -0.2) is 19.6 Å². The quantitative estimate of drug-likeness (QED) is 0.101. The minimum Gasteiger partial charge on any atom is -0.453 e. The van der Waals surface area contributed by atoms with Gasteiger partial charge in [-0.3, -0.25) is 9.59 Å². The number of H-pyrrole nitrogens is 2. The molecule has 6 aromatic rings. The second-order valence-corrected chi connectivity index (χ2v) is 16.4. The van der Waals surface area contributed by atoms with Crippen molar-refractivity contribution in [3.05, 3.63) is 107 Å². The smallest absolute Gasteiger partial charge is 0.407 e. The van der Waals surface area contributed by atoms with E-state index in [0.29, 0.717) is 18.9 Å². The molecule has 2 saturated heterocycles.